The van der Waals surface area contributed by atoms with Crippen molar-refractivity contribution in [2.75, 3.05) is 23.5 Å². The predicted octanol–water partition coefficient (Wildman–Crippen LogP) is 0.663. The third-order valence-corrected chi connectivity index (χ3v) is 9.30. The summed E-state index contributed by atoms with van der Waals surface area (Å²) in [6.07, 6.45) is 3.73. The van der Waals surface area contributed by atoms with Crippen LogP contribution in [0.15, 0.2) is 12.2 Å². The van der Waals surface area contributed by atoms with Crippen molar-refractivity contribution in [2.24, 2.45) is 5.92 Å². The minimum atomic E-state index is -1.21. The topological polar surface area (TPSA) is 151 Å². The first-order valence-electron chi connectivity index (χ1n) is 12.1. The number of aliphatic hydroxyl groups is 1. The summed E-state index contributed by atoms with van der Waals surface area (Å²) in [6.45, 7) is 3.77. The zero-order valence-electron chi connectivity index (χ0n) is 20.9. The van der Waals surface area contributed by atoms with Gasteiger partial charge in [-0.05, 0) is 24.8 Å². The molecule has 2 bridgehead atoms. The van der Waals surface area contributed by atoms with Crippen LogP contribution in [0.25, 0.3) is 0 Å². The largest absolute Gasteiger partial charge is 0.457 e. The van der Waals surface area contributed by atoms with Gasteiger partial charge in [0, 0.05) is 34.3 Å². The van der Waals surface area contributed by atoms with Crippen LogP contribution in [0.5, 0.6) is 0 Å². The second-order valence-electron chi connectivity index (χ2n) is 8.99. The van der Waals surface area contributed by atoms with Crippen molar-refractivity contribution in [3.63, 3.8) is 0 Å². The van der Waals surface area contributed by atoms with Crippen LogP contribution >= 0.6 is 21.6 Å². The molecular weight excluding hydrogens is 526 g/mol. The standard InChI is InChI=1S/C23H37N3O7S3/c1-4-14(2)21-18(27)12-20(29)33-15-7-5-6-9-34-35-13-17(23(31)26-21)25-22(30)16(8-10-36(3)32)24-19(28)11-15/h5,7,14-18,21,27H,4,6,8-13H2,1-3H3,(H,24,28)(H,25,30)(H,26,31)/b7-5-/t14-,15+,16+,17+,18-,21+,36+/m0/s1. The Morgan fingerprint density at radius 1 is 1.14 bits per heavy atom. The Morgan fingerprint density at radius 3 is 2.58 bits per heavy atom. The van der Waals surface area contributed by atoms with E-state index in [1.54, 1.807) is 6.08 Å². The van der Waals surface area contributed by atoms with E-state index in [1.807, 2.05) is 19.9 Å². The van der Waals surface area contributed by atoms with E-state index in [9.17, 15) is 28.5 Å². The lowest BCUT2D eigenvalue weighted by atomic mass is 9.92. The van der Waals surface area contributed by atoms with Crippen LogP contribution in [-0.4, -0.2) is 86.9 Å². The molecule has 204 valence electrons. The molecule has 0 unspecified atom stereocenters. The van der Waals surface area contributed by atoms with Gasteiger partial charge in [-0.1, -0.05) is 47.9 Å². The number of carbonyl (C=O) groups excluding carboxylic acids is 4. The fourth-order valence-corrected chi connectivity index (χ4v) is 6.51. The highest BCUT2D eigenvalue weighted by Gasteiger charge is 2.34. The van der Waals surface area contributed by atoms with Crippen molar-refractivity contribution in [3.8, 4) is 0 Å². The van der Waals surface area contributed by atoms with Crippen molar-refractivity contribution in [2.45, 2.75) is 76.3 Å². The van der Waals surface area contributed by atoms with Gasteiger partial charge in [0.25, 0.3) is 0 Å². The number of esters is 1. The maximum atomic E-state index is 13.3. The SMILES string of the molecule is CC[C@H](C)[C@H]1NC(=O)[C@H]2CSSCC/C=C\[C@H](CC(=O)N[C@H](CC[S@@](C)=O)C(=O)N2)OC(=O)C[C@@H]1O. The van der Waals surface area contributed by atoms with Crippen molar-refractivity contribution >= 4 is 56.1 Å². The first kappa shape index (κ1) is 30.7. The van der Waals surface area contributed by atoms with Crippen LogP contribution in [0.4, 0.5) is 0 Å². The fourth-order valence-electron chi connectivity index (χ4n) is 3.78. The molecule has 2 heterocycles. The van der Waals surface area contributed by atoms with E-state index >= 15 is 0 Å². The molecule has 4 N–H and O–H groups in total. The Kier molecular flexibility index (Phi) is 13.3. The van der Waals surface area contributed by atoms with E-state index in [-0.39, 0.29) is 36.7 Å². The highest BCUT2D eigenvalue weighted by molar-refractivity contribution is 8.76. The lowest BCUT2D eigenvalue weighted by molar-refractivity contribution is -0.151. The highest BCUT2D eigenvalue weighted by Crippen LogP contribution is 2.24. The number of ether oxygens (including phenoxy) is 1. The van der Waals surface area contributed by atoms with Gasteiger partial charge in [0.1, 0.15) is 18.2 Å². The van der Waals surface area contributed by atoms with Crippen LogP contribution in [0.1, 0.15) is 46.0 Å². The molecule has 2 aliphatic rings. The first-order valence-corrected chi connectivity index (χ1v) is 16.3. The number of hydrogen-bond donors (Lipinski definition) is 4. The minimum absolute atomic E-state index is 0.116. The lowest BCUT2D eigenvalue weighted by Gasteiger charge is -2.31. The normalized spacial score (nSPS) is 31.8. The van der Waals surface area contributed by atoms with E-state index in [2.05, 4.69) is 16.0 Å². The molecule has 0 aromatic carbocycles. The average Bonchev–Trinajstić information content (AvgIpc) is 2.81. The zero-order chi connectivity index (χ0) is 26.7. The third kappa shape index (κ3) is 10.4. The summed E-state index contributed by atoms with van der Waals surface area (Å²) in [5.41, 5.74) is 0. The summed E-state index contributed by atoms with van der Waals surface area (Å²) in [7, 11) is 1.78. The molecule has 0 spiro atoms. The summed E-state index contributed by atoms with van der Waals surface area (Å²) in [5.74, 6) is -1.26. The molecule has 7 atom stereocenters. The van der Waals surface area contributed by atoms with Crippen molar-refractivity contribution in [3.05, 3.63) is 12.2 Å². The number of amides is 3. The van der Waals surface area contributed by atoms with Gasteiger partial charge in [0.05, 0.1) is 25.0 Å². The molecule has 2 rings (SSSR count). The minimum Gasteiger partial charge on any atom is -0.457 e. The maximum absolute atomic E-state index is 13.3. The Hall–Kier alpha value is -1.57. The number of allylic oxidation sites excluding steroid dienone is 1. The van der Waals surface area contributed by atoms with E-state index < -0.39 is 64.8 Å². The van der Waals surface area contributed by atoms with Crippen LogP contribution in [0.3, 0.4) is 0 Å². The summed E-state index contributed by atoms with van der Waals surface area (Å²) in [4.78, 5) is 52.0. The van der Waals surface area contributed by atoms with E-state index in [4.69, 9.17) is 4.74 Å². The van der Waals surface area contributed by atoms with Crippen LogP contribution in [0.2, 0.25) is 0 Å². The Balaban J connectivity index is 2.47. The van der Waals surface area contributed by atoms with E-state index in [1.165, 1.54) is 27.8 Å². The van der Waals surface area contributed by atoms with Gasteiger partial charge in [-0.15, -0.1) is 0 Å². The molecule has 1 saturated heterocycles. The Bertz CT molecular complexity index is 842. The number of rotatable bonds is 5. The smallest absolute Gasteiger partial charge is 0.309 e. The average molecular weight is 564 g/mol. The second kappa shape index (κ2) is 15.6. The van der Waals surface area contributed by atoms with E-state index in [0.29, 0.717) is 12.8 Å². The van der Waals surface area contributed by atoms with E-state index in [0.717, 1.165) is 5.75 Å². The van der Waals surface area contributed by atoms with Gasteiger partial charge in [-0.2, -0.15) is 0 Å². The molecule has 0 saturated carbocycles. The van der Waals surface area contributed by atoms with Gasteiger partial charge < -0.3 is 25.8 Å². The molecule has 36 heavy (non-hydrogen) atoms. The maximum Gasteiger partial charge on any atom is 0.309 e. The molecule has 0 aliphatic carbocycles. The van der Waals surface area contributed by atoms with Gasteiger partial charge in [0.15, 0.2) is 0 Å². The number of nitrogens with one attached hydrogen (secondary N) is 3. The van der Waals surface area contributed by atoms with Crippen LogP contribution in [-0.2, 0) is 34.7 Å². The van der Waals surface area contributed by atoms with Crippen LogP contribution < -0.4 is 16.0 Å². The van der Waals surface area contributed by atoms with Gasteiger partial charge in [-0.25, -0.2) is 0 Å². The fraction of sp³-hybridized carbons (Fsp3) is 0.739. The van der Waals surface area contributed by atoms with Gasteiger partial charge in [0.2, 0.25) is 17.7 Å². The van der Waals surface area contributed by atoms with Crippen LogP contribution in [0, 0.1) is 5.92 Å². The first-order chi connectivity index (χ1) is 17.1. The molecule has 3 amide bonds. The third-order valence-electron chi connectivity index (χ3n) is 6.04. The molecule has 10 nitrogen and oxygen atoms in total. The molecule has 0 aromatic heterocycles. The Morgan fingerprint density at radius 2 is 1.89 bits per heavy atom. The molecule has 13 heteroatoms. The van der Waals surface area contributed by atoms with Crippen molar-refractivity contribution in [1.82, 2.24) is 16.0 Å². The second-order valence-corrected chi connectivity index (χ2v) is 13.2. The highest BCUT2D eigenvalue weighted by atomic mass is 33.1. The summed E-state index contributed by atoms with van der Waals surface area (Å²) in [6, 6.07) is -2.69. The summed E-state index contributed by atoms with van der Waals surface area (Å²) in [5, 5.41) is 19.1. The van der Waals surface area contributed by atoms with Crippen molar-refractivity contribution < 1.29 is 33.2 Å². The van der Waals surface area contributed by atoms with Crippen molar-refractivity contribution in [1.29, 1.82) is 0 Å². The Labute approximate surface area is 222 Å². The lowest BCUT2D eigenvalue weighted by Crippen LogP contribution is -2.58. The molecular formula is C23H37N3O7S3. The van der Waals surface area contributed by atoms with Gasteiger partial charge >= 0.3 is 5.97 Å². The summed E-state index contributed by atoms with van der Waals surface area (Å²) < 4.78 is 17.2. The summed E-state index contributed by atoms with van der Waals surface area (Å²) >= 11 is 0. The predicted molar refractivity (Wildman–Crippen MR) is 143 cm³/mol. The molecule has 1 fully saturated rings. The number of carbonyl (C=O) groups is 4. The zero-order valence-corrected chi connectivity index (χ0v) is 23.3. The quantitative estimate of drug-likeness (QED) is 0.215. The molecule has 0 aromatic rings. The van der Waals surface area contributed by atoms with Gasteiger partial charge in [-0.3, -0.25) is 23.4 Å². The molecule has 0 radical (unpaired) electrons. The monoisotopic (exact) mass is 563 g/mol. The molecule has 2 aliphatic heterocycles. The number of hydrogen-bond acceptors (Lipinski definition) is 9. The number of fused-ring (bicyclic) bond motifs is 7. The number of aliphatic hydroxyl groups excluding tert-OH is 1.